The first kappa shape index (κ1) is 15.0. The zero-order chi connectivity index (χ0) is 14.5. The summed E-state index contributed by atoms with van der Waals surface area (Å²) in [6, 6.07) is 4.27. The molecule has 3 nitrogen and oxygen atoms in total. The van der Waals surface area contributed by atoms with Crippen molar-refractivity contribution in [1.29, 1.82) is 0 Å². The van der Waals surface area contributed by atoms with Crippen molar-refractivity contribution < 1.29 is 9.84 Å². The summed E-state index contributed by atoms with van der Waals surface area (Å²) in [5.74, 6) is 0.975. The molecule has 4 heteroatoms. The number of thiazole rings is 1. The lowest BCUT2D eigenvalue weighted by molar-refractivity contribution is 0.277. The Morgan fingerprint density at radius 1 is 1.15 bits per heavy atom. The zero-order valence-electron chi connectivity index (χ0n) is 12.3. The van der Waals surface area contributed by atoms with Crippen LogP contribution in [0.5, 0.6) is 5.75 Å². The van der Waals surface area contributed by atoms with Crippen LogP contribution in [0.2, 0.25) is 0 Å². The number of aromatic nitrogens is 1. The minimum absolute atomic E-state index is 0.0227. The first-order chi connectivity index (χ1) is 9.60. The Kier molecular flexibility index (Phi) is 5.15. The van der Waals surface area contributed by atoms with E-state index >= 15 is 0 Å². The van der Waals surface area contributed by atoms with Gasteiger partial charge in [0.1, 0.15) is 5.75 Å². The molecule has 0 atom stereocenters. The molecular formula is C16H21NO2S. The van der Waals surface area contributed by atoms with Gasteiger partial charge in [0, 0.05) is 11.8 Å². The van der Waals surface area contributed by atoms with Crippen LogP contribution in [0.4, 0.5) is 0 Å². The molecule has 0 radical (unpaired) electrons. The summed E-state index contributed by atoms with van der Waals surface area (Å²) >= 11 is 1.60. The molecule has 0 amide bonds. The van der Waals surface area contributed by atoms with Gasteiger partial charge in [0.05, 0.1) is 23.9 Å². The Morgan fingerprint density at radius 3 is 2.60 bits per heavy atom. The number of aliphatic hydroxyl groups excluding tert-OH is 1. The SMILES string of the molecule is Cc1cc(C)c(OCCCc2nc(CO)cs2)cc1C. The third kappa shape index (κ3) is 3.81. The predicted octanol–water partition coefficient (Wildman–Crippen LogP) is 3.57. The second-order valence-electron chi connectivity index (χ2n) is 5.04. The van der Waals surface area contributed by atoms with E-state index in [1.54, 1.807) is 11.3 Å². The van der Waals surface area contributed by atoms with E-state index < -0.39 is 0 Å². The van der Waals surface area contributed by atoms with Gasteiger partial charge in [-0.25, -0.2) is 4.98 Å². The maximum absolute atomic E-state index is 8.97. The van der Waals surface area contributed by atoms with E-state index in [1.165, 1.54) is 16.7 Å². The van der Waals surface area contributed by atoms with Crippen molar-refractivity contribution in [3.05, 3.63) is 44.9 Å². The molecule has 1 aromatic heterocycles. The van der Waals surface area contributed by atoms with Crippen LogP contribution in [0.25, 0.3) is 0 Å². The minimum atomic E-state index is 0.0227. The summed E-state index contributed by atoms with van der Waals surface area (Å²) in [4.78, 5) is 4.33. The van der Waals surface area contributed by atoms with Gasteiger partial charge < -0.3 is 9.84 Å². The van der Waals surface area contributed by atoms with Crippen LogP contribution in [-0.4, -0.2) is 16.7 Å². The molecule has 0 aliphatic heterocycles. The number of aliphatic hydroxyl groups is 1. The monoisotopic (exact) mass is 291 g/mol. The Morgan fingerprint density at radius 2 is 1.90 bits per heavy atom. The molecule has 0 unspecified atom stereocenters. The van der Waals surface area contributed by atoms with Crippen LogP contribution in [0.15, 0.2) is 17.5 Å². The molecular weight excluding hydrogens is 270 g/mol. The third-order valence-electron chi connectivity index (χ3n) is 3.35. The molecule has 0 saturated carbocycles. The fourth-order valence-corrected chi connectivity index (χ4v) is 2.86. The summed E-state index contributed by atoms with van der Waals surface area (Å²) in [6.45, 7) is 7.02. The van der Waals surface area contributed by atoms with Gasteiger partial charge in [0.25, 0.3) is 0 Å². The number of hydrogen-bond acceptors (Lipinski definition) is 4. The fraction of sp³-hybridized carbons (Fsp3) is 0.438. The molecule has 0 fully saturated rings. The second-order valence-corrected chi connectivity index (χ2v) is 5.99. The fourth-order valence-electron chi connectivity index (χ4n) is 2.03. The molecule has 0 spiro atoms. The molecule has 1 aromatic carbocycles. The van der Waals surface area contributed by atoms with Gasteiger partial charge in [-0.3, -0.25) is 0 Å². The lowest BCUT2D eigenvalue weighted by Gasteiger charge is -2.11. The lowest BCUT2D eigenvalue weighted by atomic mass is 10.1. The highest BCUT2D eigenvalue weighted by atomic mass is 32.1. The minimum Gasteiger partial charge on any atom is -0.493 e. The van der Waals surface area contributed by atoms with Crippen LogP contribution in [0.3, 0.4) is 0 Å². The molecule has 2 rings (SSSR count). The standard InChI is InChI=1S/C16H21NO2S/c1-11-7-13(3)15(8-12(11)2)19-6-4-5-16-17-14(9-18)10-20-16/h7-8,10,18H,4-6,9H2,1-3H3. The van der Waals surface area contributed by atoms with E-state index in [0.29, 0.717) is 6.61 Å². The van der Waals surface area contributed by atoms with Gasteiger partial charge in [-0.15, -0.1) is 11.3 Å². The number of ether oxygens (including phenoxy) is 1. The van der Waals surface area contributed by atoms with E-state index in [4.69, 9.17) is 9.84 Å². The van der Waals surface area contributed by atoms with Crippen molar-refractivity contribution in [1.82, 2.24) is 4.98 Å². The highest BCUT2D eigenvalue weighted by Crippen LogP contribution is 2.22. The van der Waals surface area contributed by atoms with Gasteiger partial charge >= 0.3 is 0 Å². The largest absolute Gasteiger partial charge is 0.493 e. The Hall–Kier alpha value is -1.39. The van der Waals surface area contributed by atoms with Crippen LogP contribution in [0.1, 0.15) is 33.8 Å². The Bertz CT molecular complexity index is 578. The van der Waals surface area contributed by atoms with Crippen molar-refractivity contribution in [3.63, 3.8) is 0 Å². The van der Waals surface area contributed by atoms with Crippen molar-refractivity contribution in [2.45, 2.75) is 40.2 Å². The van der Waals surface area contributed by atoms with Crippen LogP contribution < -0.4 is 4.74 Å². The number of benzene rings is 1. The van der Waals surface area contributed by atoms with E-state index in [1.807, 2.05) is 5.38 Å². The molecule has 108 valence electrons. The molecule has 0 saturated heterocycles. The van der Waals surface area contributed by atoms with Crippen molar-refractivity contribution in [2.24, 2.45) is 0 Å². The lowest BCUT2D eigenvalue weighted by Crippen LogP contribution is -2.01. The van der Waals surface area contributed by atoms with Crippen LogP contribution in [0, 0.1) is 20.8 Å². The summed E-state index contributed by atoms with van der Waals surface area (Å²) in [5, 5.41) is 11.9. The third-order valence-corrected chi connectivity index (χ3v) is 4.30. The first-order valence-electron chi connectivity index (χ1n) is 6.85. The molecule has 20 heavy (non-hydrogen) atoms. The molecule has 1 N–H and O–H groups in total. The maximum Gasteiger partial charge on any atom is 0.122 e. The second kappa shape index (κ2) is 6.86. The highest BCUT2D eigenvalue weighted by Gasteiger charge is 2.04. The molecule has 0 aliphatic rings. The molecule has 2 aromatic rings. The van der Waals surface area contributed by atoms with Gasteiger partial charge in [-0.2, -0.15) is 0 Å². The number of rotatable bonds is 6. The normalized spacial score (nSPS) is 10.8. The van der Waals surface area contributed by atoms with Crippen LogP contribution >= 0.6 is 11.3 Å². The van der Waals surface area contributed by atoms with Crippen molar-refractivity contribution >= 4 is 11.3 Å². The van der Waals surface area contributed by atoms with Gasteiger partial charge in [0.2, 0.25) is 0 Å². The average molecular weight is 291 g/mol. The maximum atomic E-state index is 8.97. The molecule has 1 heterocycles. The van der Waals surface area contributed by atoms with Gasteiger partial charge in [0.15, 0.2) is 0 Å². The Labute approximate surface area is 124 Å². The van der Waals surface area contributed by atoms with Crippen molar-refractivity contribution in [2.75, 3.05) is 6.61 Å². The summed E-state index contributed by atoms with van der Waals surface area (Å²) in [6.07, 6.45) is 1.83. The van der Waals surface area contributed by atoms with Crippen molar-refractivity contribution in [3.8, 4) is 5.75 Å². The summed E-state index contributed by atoms with van der Waals surface area (Å²) in [5.41, 5.74) is 4.51. The highest BCUT2D eigenvalue weighted by molar-refractivity contribution is 7.09. The first-order valence-corrected chi connectivity index (χ1v) is 7.73. The van der Waals surface area contributed by atoms with E-state index in [9.17, 15) is 0 Å². The Balaban J connectivity index is 1.82. The number of nitrogens with zero attached hydrogens (tertiary/aromatic N) is 1. The summed E-state index contributed by atoms with van der Waals surface area (Å²) in [7, 11) is 0. The van der Waals surface area contributed by atoms with E-state index in [-0.39, 0.29) is 6.61 Å². The smallest absolute Gasteiger partial charge is 0.122 e. The molecule has 0 bridgehead atoms. The van der Waals surface area contributed by atoms with Crippen LogP contribution in [-0.2, 0) is 13.0 Å². The van der Waals surface area contributed by atoms with Gasteiger partial charge in [-0.05, 0) is 49.9 Å². The van der Waals surface area contributed by atoms with Gasteiger partial charge in [-0.1, -0.05) is 6.07 Å². The molecule has 0 aliphatic carbocycles. The predicted molar refractivity (Wildman–Crippen MR) is 82.5 cm³/mol. The quantitative estimate of drug-likeness (QED) is 0.827. The zero-order valence-corrected chi connectivity index (χ0v) is 13.1. The number of hydrogen-bond donors (Lipinski definition) is 1. The number of aryl methyl sites for hydroxylation is 4. The van der Waals surface area contributed by atoms with E-state index in [2.05, 4.69) is 37.9 Å². The van der Waals surface area contributed by atoms with E-state index in [0.717, 1.165) is 29.3 Å². The average Bonchev–Trinajstić information content (AvgIpc) is 2.88. The summed E-state index contributed by atoms with van der Waals surface area (Å²) < 4.78 is 5.85. The topological polar surface area (TPSA) is 42.4 Å².